The third-order valence-corrected chi connectivity index (χ3v) is 4.70. The molecule has 12 heteroatoms. The summed E-state index contributed by atoms with van der Waals surface area (Å²) in [5, 5.41) is 0. The molecule has 232 valence electrons. The van der Waals surface area contributed by atoms with Gasteiger partial charge in [0.15, 0.2) is 0 Å². The van der Waals surface area contributed by atoms with Crippen molar-refractivity contribution in [1.29, 1.82) is 0 Å². The van der Waals surface area contributed by atoms with E-state index in [4.69, 9.17) is 11.6 Å². The minimum absolute atomic E-state index is 0. The fourth-order valence-electron chi connectivity index (χ4n) is 2.39. The molecule has 2 aliphatic rings. The molecule has 0 fully saturated rings. The van der Waals surface area contributed by atoms with Crippen LogP contribution >= 0.6 is 23.4 Å². The predicted octanol–water partition coefficient (Wildman–Crippen LogP) is 2.73. The Bertz CT molecular complexity index is 399. The summed E-state index contributed by atoms with van der Waals surface area (Å²) in [5.74, 6) is 3.24. The Hall–Kier alpha value is -0.605. The van der Waals surface area contributed by atoms with E-state index in [1.165, 1.54) is 50.3 Å². The molecule has 2 aliphatic heterocycles. The first kappa shape index (κ1) is 56.6. The van der Waals surface area contributed by atoms with E-state index in [0.717, 1.165) is 19.2 Å². The van der Waals surface area contributed by atoms with Gasteiger partial charge in [0.1, 0.15) is 0 Å². The molecule has 0 aromatic carbocycles. The summed E-state index contributed by atoms with van der Waals surface area (Å²) < 4.78 is 29.0. The van der Waals surface area contributed by atoms with Gasteiger partial charge in [-0.05, 0) is 24.3 Å². The lowest BCUT2D eigenvalue weighted by molar-refractivity contribution is -0.001000. The van der Waals surface area contributed by atoms with Gasteiger partial charge in [-0.3, -0.25) is 12.9 Å². The fourth-order valence-corrected chi connectivity index (χ4v) is 2.80. The average molecular weight is 606 g/mol. The Morgan fingerprint density at radius 3 is 1.14 bits per heavy atom. The quantitative estimate of drug-likeness (QED) is 0.239. The molecule has 0 spiro atoms. The van der Waals surface area contributed by atoms with Crippen molar-refractivity contribution in [3.63, 3.8) is 0 Å². The summed E-state index contributed by atoms with van der Waals surface area (Å²) >= 11 is 6.96. The Balaban J connectivity index is -0.0000000491. The standard InChI is InChI=1S/2C8H16N2.C4H10S.C2H5Cl.3CH4.BF3.ClH.FH/c2*1-3-4-5-10-7-6-9(2)8-10;1-3-5-4-2;1-2-3;;;;2-1(3)4;;/h2*6-7H,3-5,8H2,1-2H3;3-4H2,1-2H3;2H2,1H3;3*1H4;;2*1H/p-2. The highest BCUT2D eigenvalue weighted by Crippen LogP contribution is 2.05. The summed E-state index contributed by atoms with van der Waals surface area (Å²) in [4.78, 5) is 9.05. The van der Waals surface area contributed by atoms with E-state index >= 15 is 0 Å². The number of hydrogen-bond donors (Lipinski definition) is 0. The topological polar surface area (TPSA) is 13.0 Å². The van der Waals surface area contributed by atoms with Gasteiger partial charge in [-0.25, -0.2) is 0 Å². The maximum absolute atomic E-state index is 9.67. The highest BCUT2D eigenvalue weighted by atomic mass is 35.5. The van der Waals surface area contributed by atoms with E-state index in [0.29, 0.717) is 0 Å². The lowest BCUT2D eigenvalue weighted by Gasteiger charge is -2.17. The number of unbranched alkanes of at least 4 members (excludes halogenated alkanes) is 2. The van der Waals surface area contributed by atoms with Crippen LogP contribution in [0.25, 0.3) is 0 Å². The zero-order valence-electron chi connectivity index (χ0n) is 22.1. The molecule has 0 amide bonds. The second-order valence-electron chi connectivity index (χ2n) is 7.02. The number of rotatable bonds is 8. The van der Waals surface area contributed by atoms with E-state index in [1.807, 2.05) is 18.7 Å². The van der Waals surface area contributed by atoms with Crippen LogP contribution < -0.4 is 17.1 Å². The van der Waals surface area contributed by atoms with Gasteiger partial charge in [-0.1, -0.05) is 69.7 Å². The smallest absolute Gasteiger partial charge is 0.762 e. The Labute approximate surface area is 245 Å². The minimum atomic E-state index is -3.67. The van der Waals surface area contributed by atoms with E-state index in [2.05, 4.69) is 86.2 Å². The highest BCUT2D eigenvalue weighted by molar-refractivity contribution is 7.99. The van der Waals surface area contributed by atoms with Gasteiger partial charge in [-0.2, -0.15) is 11.8 Å². The molecule has 0 saturated heterocycles. The van der Waals surface area contributed by atoms with Crippen molar-refractivity contribution in [3.05, 3.63) is 24.8 Å². The molecular weight excluding hydrogens is 546 g/mol. The van der Waals surface area contributed by atoms with Crippen LogP contribution in [0.1, 0.15) is 82.6 Å². The Kier molecular flexibility index (Phi) is 69.3. The zero-order chi connectivity index (χ0) is 25.2. The van der Waals surface area contributed by atoms with E-state index in [9.17, 15) is 12.9 Å². The number of nitrogens with zero attached hydrogens (tertiary/aromatic N) is 4. The monoisotopic (exact) mass is 604 g/mol. The molecule has 0 aliphatic carbocycles. The van der Waals surface area contributed by atoms with E-state index < -0.39 is 7.54 Å². The van der Waals surface area contributed by atoms with Gasteiger partial charge in [0.05, 0.1) is 13.3 Å². The third-order valence-electron chi connectivity index (χ3n) is 3.88. The SMILES string of the molecule is C.C.C.CCCCN1C=CN(C)C1.CCCCN1C=CN(C)C1.CCCl.CCSCC.FB(F)F.[Cl-].[F-]. The lowest BCUT2D eigenvalue weighted by atomic mass is 10.3. The normalized spacial score (nSPS) is 11.5. The first-order valence-corrected chi connectivity index (χ1v) is 13.2. The lowest BCUT2D eigenvalue weighted by Crippen LogP contribution is -3.00. The van der Waals surface area contributed by atoms with Crippen molar-refractivity contribution in [1.82, 2.24) is 19.6 Å². The fraction of sp³-hybridized carbons (Fsp3) is 0.840. The largest absolute Gasteiger partial charge is 1.00 e. The van der Waals surface area contributed by atoms with Crippen LogP contribution in [0.2, 0.25) is 0 Å². The minimum Gasteiger partial charge on any atom is -1.00 e. The highest BCUT2D eigenvalue weighted by Gasteiger charge is 2.07. The molecule has 37 heavy (non-hydrogen) atoms. The second-order valence-corrected chi connectivity index (χ2v) is 9.12. The van der Waals surface area contributed by atoms with Crippen molar-refractivity contribution in [2.24, 2.45) is 0 Å². The van der Waals surface area contributed by atoms with Gasteiger partial charge in [0.2, 0.25) is 0 Å². The molecule has 0 saturated carbocycles. The van der Waals surface area contributed by atoms with Gasteiger partial charge in [0, 0.05) is 57.9 Å². The molecular formula is C25H59BCl2F4N4S-2. The second kappa shape index (κ2) is 45.3. The zero-order valence-corrected chi connectivity index (χ0v) is 24.5. The van der Waals surface area contributed by atoms with Gasteiger partial charge in [0.25, 0.3) is 0 Å². The van der Waals surface area contributed by atoms with Crippen molar-refractivity contribution >= 4 is 30.9 Å². The predicted molar refractivity (Wildman–Crippen MR) is 161 cm³/mol. The van der Waals surface area contributed by atoms with Crippen LogP contribution in [-0.4, -0.2) is 85.1 Å². The number of alkyl halides is 1. The molecule has 0 atom stereocenters. The summed E-state index contributed by atoms with van der Waals surface area (Å²) in [7, 11) is 0.533. The van der Waals surface area contributed by atoms with Crippen LogP contribution in [0.4, 0.5) is 12.9 Å². The molecule has 0 aromatic rings. The van der Waals surface area contributed by atoms with Crippen molar-refractivity contribution in [3.8, 4) is 0 Å². The molecule has 4 nitrogen and oxygen atoms in total. The van der Waals surface area contributed by atoms with Gasteiger partial charge < -0.3 is 36.7 Å². The van der Waals surface area contributed by atoms with Crippen LogP contribution in [0.3, 0.4) is 0 Å². The maximum atomic E-state index is 9.67. The molecule has 2 rings (SSSR count). The number of halogens is 6. The summed E-state index contributed by atoms with van der Waals surface area (Å²) in [5.41, 5.74) is 0. The molecule has 0 unspecified atom stereocenters. The first-order valence-electron chi connectivity index (χ1n) is 11.5. The third kappa shape index (κ3) is 52.6. The molecule has 0 N–H and O–H groups in total. The first-order chi connectivity index (χ1) is 15.2. The van der Waals surface area contributed by atoms with Crippen molar-refractivity contribution in [2.45, 2.75) is 82.6 Å². The van der Waals surface area contributed by atoms with Crippen LogP contribution in [0.15, 0.2) is 24.8 Å². The van der Waals surface area contributed by atoms with Gasteiger partial charge in [-0.15, -0.1) is 11.6 Å². The maximum Gasteiger partial charge on any atom is 0.762 e. The molecule has 0 bridgehead atoms. The van der Waals surface area contributed by atoms with Crippen molar-refractivity contribution < 1.29 is 30.1 Å². The molecule has 0 radical (unpaired) electrons. The summed E-state index contributed by atoms with van der Waals surface area (Å²) in [6.07, 6.45) is 13.7. The summed E-state index contributed by atoms with van der Waals surface area (Å²) in [6, 6.07) is 0. The molecule has 0 aromatic heterocycles. The Morgan fingerprint density at radius 2 is 1.00 bits per heavy atom. The van der Waals surface area contributed by atoms with Crippen molar-refractivity contribution in [2.75, 3.05) is 57.9 Å². The number of thioether (sulfide) groups is 1. The van der Waals surface area contributed by atoms with Gasteiger partial charge >= 0.3 is 7.54 Å². The van der Waals surface area contributed by atoms with Crippen LogP contribution in [-0.2, 0) is 0 Å². The molecule has 2 heterocycles. The number of hydrogen-bond acceptors (Lipinski definition) is 5. The van der Waals surface area contributed by atoms with Crippen LogP contribution in [0, 0.1) is 0 Å². The summed E-state index contributed by atoms with van der Waals surface area (Å²) in [6.45, 7) is 15.2. The van der Waals surface area contributed by atoms with Crippen LogP contribution in [0.5, 0.6) is 0 Å². The van der Waals surface area contributed by atoms with E-state index in [-0.39, 0.29) is 39.4 Å². The Morgan fingerprint density at radius 1 is 0.730 bits per heavy atom. The van der Waals surface area contributed by atoms with E-state index in [1.54, 1.807) is 0 Å². The average Bonchev–Trinajstić information content (AvgIpc) is 3.34.